The Kier molecular flexibility index (Phi) is 6.13. The highest BCUT2D eigenvalue weighted by atomic mass is 16.5. The summed E-state index contributed by atoms with van der Waals surface area (Å²) in [6.07, 6.45) is 3.28. The van der Waals surface area contributed by atoms with Crippen LogP contribution in [0.1, 0.15) is 18.1 Å². The molecule has 2 rings (SSSR count). The molecule has 0 unspecified atom stereocenters. The monoisotopic (exact) mass is 328 g/mol. The molecular formula is C20H24O4. The molecule has 0 amide bonds. The smallest absolute Gasteiger partial charge is 0.161 e. The number of phenolic OH excluding ortho intramolecular Hbond substituents is 1. The summed E-state index contributed by atoms with van der Waals surface area (Å²) < 4.78 is 16.6. The number of aromatic hydroxyl groups is 1. The van der Waals surface area contributed by atoms with Crippen LogP contribution in [0.25, 0.3) is 0 Å². The Balaban J connectivity index is 2.09. The first kappa shape index (κ1) is 17.7. The third-order valence-electron chi connectivity index (χ3n) is 3.70. The summed E-state index contributed by atoms with van der Waals surface area (Å²) in [5.74, 6) is 2.02. The maximum Gasteiger partial charge on any atom is 0.161 e. The van der Waals surface area contributed by atoms with Crippen LogP contribution in [-0.4, -0.2) is 25.4 Å². The molecule has 0 saturated heterocycles. The van der Waals surface area contributed by atoms with Crippen molar-refractivity contribution in [2.75, 3.05) is 14.2 Å². The average Bonchev–Trinajstić information content (AvgIpc) is 2.58. The second-order valence-corrected chi connectivity index (χ2v) is 5.62. The molecule has 2 aromatic rings. The summed E-state index contributed by atoms with van der Waals surface area (Å²) >= 11 is 0. The van der Waals surface area contributed by atoms with Gasteiger partial charge in [-0.05, 0) is 48.7 Å². The van der Waals surface area contributed by atoms with Crippen LogP contribution in [0.3, 0.4) is 0 Å². The summed E-state index contributed by atoms with van der Waals surface area (Å²) in [6, 6.07) is 11.2. The van der Waals surface area contributed by atoms with E-state index in [1.54, 1.807) is 13.2 Å². The molecule has 0 fully saturated rings. The maximum atomic E-state index is 9.66. The summed E-state index contributed by atoms with van der Waals surface area (Å²) in [5, 5.41) is 9.66. The standard InChI is InChI=1S/C20H24O4/c1-5-6-15-8-10-18(20(12-15)23-4)24-14(2)11-16-7-9-17(21)19(13-16)22-3/h5,7-10,12-14,21H,1,6,11H2,2-4H3/t14-/m1/s1. The minimum Gasteiger partial charge on any atom is -0.504 e. The predicted octanol–water partition coefficient (Wildman–Crippen LogP) is 4.15. The van der Waals surface area contributed by atoms with Gasteiger partial charge >= 0.3 is 0 Å². The topological polar surface area (TPSA) is 47.9 Å². The first-order chi connectivity index (χ1) is 11.6. The van der Waals surface area contributed by atoms with Crippen molar-refractivity contribution in [1.29, 1.82) is 0 Å². The van der Waals surface area contributed by atoms with E-state index in [9.17, 15) is 5.11 Å². The molecule has 0 heterocycles. The van der Waals surface area contributed by atoms with Gasteiger partial charge in [0, 0.05) is 6.42 Å². The zero-order chi connectivity index (χ0) is 17.5. The average molecular weight is 328 g/mol. The van der Waals surface area contributed by atoms with Gasteiger partial charge in [-0.3, -0.25) is 0 Å². The lowest BCUT2D eigenvalue weighted by molar-refractivity contribution is 0.211. The summed E-state index contributed by atoms with van der Waals surface area (Å²) in [6.45, 7) is 5.75. The van der Waals surface area contributed by atoms with Crippen LogP contribution < -0.4 is 14.2 Å². The number of hydrogen-bond acceptors (Lipinski definition) is 4. The Labute approximate surface area is 143 Å². The minimum atomic E-state index is -0.0570. The van der Waals surface area contributed by atoms with Crippen LogP contribution in [0.2, 0.25) is 0 Å². The Morgan fingerprint density at radius 1 is 1.00 bits per heavy atom. The van der Waals surface area contributed by atoms with E-state index < -0.39 is 0 Å². The fraction of sp³-hybridized carbons (Fsp3) is 0.300. The van der Waals surface area contributed by atoms with Crippen LogP contribution in [0.4, 0.5) is 0 Å². The van der Waals surface area contributed by atoms with E-state index >= 15 is 0 Å². The van der Waals surface area contributed by atoms with Gasteiger partial charge in [0.05, 0.1) is 14.2 Å². The fourth-order valence-electron chi connectivity index (χ4n) is 2.54. The second-order valence-electron chi connectivity index (χ2n) is 5.62. The molecule has 0 aliphatic rings. The quantitative estimate of drug-likeness (QED) is 0.740. The van der Waals surface area contributed by atoms with Crippen molar-refractivity contribution in [3.8, 4) is 23.0 Å². The van der Waals surface area contributed by atoms with Gasteiger partial charge in [-0.25, -0.2) is 0 Å². The van der Waals surface area contributed by atoms with Crippen LogP contribution in [0, 0.1) is 0 Å². The third-order valence-corrected chi connectivity index (χ3v) is 3.70. The highest BCUT2D eigenvalue weighted by Gasteiger charge is 2.12. The number of rotatable bonds is 8. The zero-order valence-electron chi connectivity index (χ0n) is 14.4. The van der Waals surface area contributed by atoms with Crippen molar-refractivity contribution in [1.82, 2.24) is 0 Å². The molecule has 4 heteroatoms. The van der Waals surface area contributed by atoms with Crippen molar-refractivity contribution in [3.05, 3.63) is 60.2 Å². The molecule has 0 saturated carbocycles. The molecule has 1 atom stereocenters. The number of methoxy groups -OCH3 is 2. The Morgan fingerprint density at radius 3 is 2.33 bits per heavy atom. The first-order valence-corrected chi connectivity index (χ1v) is 7.87. The Morgan fingerprint density at radius 2 is 1.67 bits per heavy atom. The van der Waals surface area contributed by atoms with Crippen molar-refractivity contribution in [3.63, 3.8) is 0 Å². The van der Waals surface area contributed by atoms with Gasteiger partial charge in [0.15, 0.2) is 23.0 Å². The van der Waals surface area contributed by atoms with Gasteiger partial charge in [0.2, 0.25) is 0 Å². The van der Waals surface area contributed by atoms with Crippen LogP contribution in [-0.2, 0) is 12.8 Å². The molecule has 0 aliphatic carbocycles. The first-order valence-electron chi connectivity index (χ1n) is 7.87. The van der Waals surface area contributed by atoms with Gasteiger partial charge in [-0.1, -0.05) is 18.2 Å². The molecule has 0 aliphatic heterocycles. The van der Waals surface area contributed by atoms with E-state index in [1.807, 2.05) is 43.3 Å². The van der Waals surface area contributed by atoms with Gasteiger partial charge < -0.3 is 19.3 Å². The van der Waals surface area contributed by atoms with E-state index in [2.05, 4.69) is 6.58 Å². The summed E-state index contributed by atoms with van der Waals surface area (Å²) in [7, 11) is 3.17. The normalized spacial score (nSPS) is 11.6. The molecule has 0 bridgehead atoms. The van der Waals surface area contributed by atoms with E-state index in [1.165, 1.54) is 7.11 Å². The largest absolute Gasteiger partial charge is 0.504 e. The van der Waals surface area contributed by atoms with Gasteiger partial charge in [0.25, 0.3) is 0 Å². The molecular weight excluding hydrogens is 304 g/mol. The van der Waals surface area contributed by atoms with Gasteiger partial charge in [-0.15, -0.1) is 6.58 Å². The number of benzene rings is 2. The van der Waals surface area contributed by atoms with E-state index in [4.69, 9.17) is 14.2 Å². The highest BCUT2D eigenvalue weighted by molar-refractivity contribution is 5.44. The van der Waals surface area contributed by atoms with Crippen molar-refractivity contribution in [2.45, 2.75) is 25.9 Å². The summed E-state index contributed by atoms with van der Waals surface area (Å²) in [5.41, 5.74) is 2.16. The maximum absolute atomic E-state index is 9.66. The SMILES string of the molecule is C=CCc1ccc(O[C@H](C)Cc2ccc(O)c(OC)c2)c(OC)c1. The van der Waals surface area contributed by atoms with Gasteiger partial charge in [0.1, 0.15) is 6.10 Å². The van der Waals surface area contributed by atoms with Gasteiger partial charge in [-0.2, -0.15) is 0 Å². The molecule has 128 valence electrons. The number of hydrogen-bond donors (Lipinski definition) is 1. The fourth-order valence-corrected chi connectivity index (χ4v) is 2.54. The lowest BCUT2D eigenvalue weighted by Gasteiger charge is -2.18. The van der Waals surface area contributed by atoms with Crippen molar-refractivity contribution in [2.24, 2.45) is 0 Å². The van der Waals surface area contributed by atoms with Crippen LogP contribution >= 0.6 is 0 Å². The number of ether oxygens (including phenoxy) is 3. The predicted molar refractivity (Wildman–Crippen MR) is 95.3 cm³/mol. The second kappa shape index (κ2) is 8.29. The van der Waals surface area contributed by atoms with E-state index in [0.717, 1.165) is 17.5 Å². The number of allylic oxidation sites excluding steroid dienone is 1. The summed E-state index contributed by atoms with van der Waals surface area (Å²) in [4.78, 5) is 0. The number of phenols is 1. The van der Waals surface area contributed by atoms with Crippen molar-refractivity contribution < 1.29 is 19.3 Å². The van der Waals surface area contributed by atoms with E-state index in [-0.39, 0.29) is 11.9 Å². The van der Waals surface area contributed by atoms with Crippen LogP contribution in [0.15, 0.2) is 49.1 Å². The molecule has 0 radical (unpaired) electrons. The zero-order valence-corrected chi connectivity index (χ0v) is 14.4. The van der Waals surface area contributed by atoms with Crippen LogP contribution in [0.5, 0.6) is 23.0 Å². The van der Waals surface area contributed by atoms with Crippen molar-refractivity contribution >= 4 is 0 Å². The molecule has 0 spiro atoms. The molecule has 4 nitrogen and oxygen atoms in total. The third kappa shape index (κ3) is 4.44. The minimum absolute atomic E-state index is 0.0570. The molecule has 24 heavy (non-hydrogen) atoms. The molecule has 1 N–H and O–H groups in total. The Bertz CT molecular complexity index is 694. The lowest BCUT2D eigenvalue weighted by Crippen LogP contribution is -2.15. The molecule has 0 aromatic heterocycles. The lowest BCUT2D eigenvalue weighted by atomic mass is 10.1. The Hall–Kier alpha value is -2.62. The van der Waals surface area contributed by atoms with E-state index in [0.29, 0.717) is 23.7 Å². The highest BCUT2D eigenvalue weighted by Crippen LogP contribution is 2.31. The molecule has 2 aromatic carbocycles.